The first-order chi connectivity index (χ1) is 7.69. The third kappa shape index (κ3) is 1.62. The maximum Gasteiger partial charge on any atom is 0.102 e. The van der Waals surface area contributed by atoms with Crippen LogP contribution in [-0.2, 0) is 5.60 Å². The minimum atomic E-state index is -0.538. The molecule has 0 aliphatic carbocycles. The Balaban J connectivity index is 1.86. The van der Waals surface area contributed by atoms with E-state index in [2.05, 4.69) is 23.3 Å². The van der Waals surface area contributed by atoms with Crippen molar-refractivity contribution < 1.29 is 5.11 Å². The third-order valence-corrected chi connectivity index (χ3v) is 5.38. The lowest BCUT2D eigenvalue weighted by molar-refractivity contribution is -0.0384. The second kappa shape index (κ2) is 3.83. The summed E-state index contributed by atoms with van der Waals surface area (Å²) < 4.78 is 0. The molecule has 0 saturated carbocycles. The molecule has 16 heavy (non-hydrogen) atoms. The minimum Gasteiger partial charge on any atom is -0.384 e. The molecule has 2 saturated heterocycles. The molecule has 2 unspecified atom stereocenters. The molecule has 1 aromatic heterocycles. The number of hydrogen-bond donors (Lipinski definition) is 1. The van der Waals surface area contributed by atoms with Crippen LogP contribution in [0.5, 0.6) is 0 Å². The van der Waals surface area contributed by atoms with Gasteiger partial charge in [0.05, 0.1) is 0 Å². The largest absolute Gasteiger partial charge is 0.384 e. The number of nitrogens with zero attached hydrogens (tertiary/aromatic N) is 1. The highest BCUT2D eigenvalue weighted by Gasteiger charge is 2.42. The number of rotatable bonds is 1. The first kappa shape index (κ1) is 10.8. The van der Waals surface area contributed by atoms with Crippen LogP contribution in [0.15, 0.2) is 11.4 Å². The molecule has 0 bridgehead atoms. The fourth-order valence-corrected chi connectivity index (χ4v) is 4.36. The third-order valence-electron chi connectivity index (χ3n) is 4.17. The molecule has 88 valence electrons. The summed E-state index contributed by atoms with van der Waals surface area (Å²) in [5.74, 6) is 0. The van der Waals surface area contributed by atoms with Crippen LogP contribution in [0.1, 0.15) is 36.1 Å². The molecular formula is C13H19NOS. The number of piperidine rings is 1. The first-order valence-electron chi connectivity index (χ1n) is 6.20. The van der Waals surface area contributed by atoms with Gasteiger partial charge in [-0.25, -0.2) is 0 Å². The molecule has 0 spiro atoms. The Kier molecular flexibility index (Phi) is 2.57. The Morgan fingerprint density at radius 3 is 3.12 bits per heavy atom. The van der Waals surface area contributed by atoms with Gasteiger partial charge in [-0.2, -0.15) is 0 Å². The average molecular weight is 237 g/mol. The molecule has 2 fully saturated rings. The monoisotopic (exact) mass is 237 g/mol. The highest BCUT2D eigenvalue weighted by molar-refractivity contribution is 7.10. The molecule has 0 amide bonds. The Bertz CT molecular complexity index is 389. The van der Waals surface area contributed by atoms with E-state index in [-0.39, 0.29) is 0 Å². The number of fused-ring (bicyclic) bond motifs is 1. The summed E-state index contributed by atoms with van der Waals surface area (Å²) in [5.41, 5.74) is 0.725. The molecular weight excluding hydrogens is 218 g/mol. The van der Waals surface area contributed by atoms with Crippen LogP contribution in [0.4, 0.5) is 0 Å². The molecule has 2 aliphatic rings. The van der Waals surface area contributed by atoms with E-state index >= 15 is 0 Å². The van der Waals surface area contributed by atoms with E-state index in [9.17, 15) is 5.11 Å². The van der Waals surface area contributed by atoms with Crippen LogP contribution >= 0.6 is 11.3 Å². The van der Waals surface area contributed by atoms with Crippen LogP contribution in [0, 0.1) is 6.92 Å². The van der Waals surface area contributed by atoms with Crippen LogP contribution in [0.25, 0.3) is 0 Å². The summed E-state index contributed by atoms with van der Waals surface area (Å²) in [5, 5.41) is 12.9. The van der Waals surface area contributed by atoms with E-state index in [1.54, 1.807) is 11.3 Å². The number of hydrogen-bond acceptors (Lipinski definition) is 3. The highest BCUT2D eigenvalue weighted by atomic mass is 32.1. The van der Waals surface area contributed by atoms with Crippen LogP contribution in [0.2, 0.25) is 0 Å². The van der Waals surface area contributed by atoms with Crippen molar-refractivity contribution in [3.8, 4) is 0 Å². The van der Waals surface area contributed by atoms with Gasteiger partial charge in [-0.1, -0.05) is 0 Å². The fourth-order valence-electron chi connectivity index (χ4n) is 3.30. The predicted octanol–water partition coefficient (Wildman–Crippen LogP) is 2.50. The molecule has 1 aromatic rings. The van der Waals surface area contributed by atoms with E-state index in [4.69, 9.17) is 0 Å². The van der Waals surface area contributed by atoms with E-state index in [0.29, 0.717) is 6.04 Å². The van der Waals surface area contributed by atoms with E-state index in [1.165, 1.54) is 29.8 Å². The molecule has 2 nitrogen and oxygen atoms in total. The van der Waals surface area contributed by atoms with Gasteiger partial charge < -0.3 is 10.0 Å². The smallest absolute Gasteiger partial charge is 0.102 e. The summed E-state index contributed by atoms with van der Waals surface area (Å²) in [7, 11) is 0. The first-order valence-corrected chi connectivity index (χ1v) is 7.08. The number of aryl methyl sites for hydroxylation is 1. The maximum atomic E-state index is 10.8. The molecule has 3 heterocycles. The summed E-state index contributed by atoms with van der Waals surface area (Å²) in [6.45, 7) is 4.42. The minimum absolute atomic E-state index is 0.538. The lowest BCUT2D eigenvalue weighted by atomic mass is 9.84. The fraction of sp³-hybridized carbons (Fsp3) is 0.692. The van der Waals surface area contributed by atoms with Crippen molar-refractivity contribution in [3.05, 3.63) is 21.9 Å². The average Bonchev–Trinajstić information content (AvgIpc) is 2.85. The molecule has 3 heteroatoms. The zero-order valence-electron chi connectivity index (χ0n) is 9.78. The Hall–Kier alpha value is -0.380. The molecule has 3 rings (SSSR count). The van der Waals surface area contributed by atoms with Crippen molar-refractivity contribution in [2.75, 3.05) is 13.1 Å². The van der Waals surface area contributed by atoms with Gasteiger partial charge in [-0.15, -0.1) is 11.3 Å². The van der Waals surface area contributed by atoms with Crippen molar-refractivity contribution in [2.45, 2.75) is 44.2 Å². The molecule has 1 N–H and O–H groups in total. The summed E-state index contributed by atoms with van der Waals surface area (Å²) in [4.78, 5) is 3.76. The van der Waals surface area contributed by atoms with Crippen molar-refractivity contribution in [1.82, 2.24) is 4.90 Å². The molecule has 0 radical (unpaired) electrons. The van der Waals surface area contributed by atoms with E-state index in [1.807, 2.05) is 0 Å². The van der Waals surface area contributed by atoms with Gasteiger partial charge in [0.2, 0.25) is 0 Å². The second-order valence-corrected chi connectivity index (χ2v) is 6.17. The Morgan fingerprint density at radius 2 is 2.38 bits per heavy atom. The quantitative estimate of drug-likeness (QED) is 0.811. The lowest BCUT2D eigenvalue weighted by Crippen LogP contribution is -2.45. The molecule has 2 atom stereocenters. The van der Waals surface area contributed by atoms with Gasteiger partial charge in [0.15, 0.2) is 0 Å². The Labute approximate surface area is 101 Å². The zero-order valence-corrected chi connectivity index (χ0v) is 10.6. The summed E-state index contributed by atoms with van der Waals surface area (Å²) in [6, 6.07) is 2.75. The van der Waals surface area contributed by atoms with Crippen molar-refractivity contribution in [2.24, 2.45) is 0 Å². The van der Waals surface area contributed by atoms with Gasteiger partial charge >= 0.3 is 0 Å². The predicted molar refractivity (Wildman–Crippen MR) is 66.8 cm³/mol. The van der Waals surface area contributed by atoms with Crippen molar-refractivity contribution in [3.63, 3.8) is 0 Å². The summed E-state index contributed by atoms with van der Waals surface area (Å²) >= 11 is 1.72. The van der Waals surface area contributed by atoms with Crippen LogP contribution in [0.3, 0.4) is 0 Å². The second-order valence-electron chi connectivity index (χ2n) is 5.25. The highest BCUT2D eigenvalue weighted by Crippen LogP contribution is 2.42. The Morgan fingerprint density at radius 1 is 1.50 bits per heavy atom. The van der Waals surface area contributed by atoms with Crippen LogP contribution < -0.4 is 0 Å². The maximum absolute atomic E-state index is 10.8. The zero-order chi connectivity index (χ0) is 11.2. The van der Waals surface area contributed by atoms with E-state index < -0.39 is 5.60 Å². The standard InChI is InChI=1S/C13H19NOS/c1-10-4-8-16-12(10)13(15)5-7-14-6-2-3-11(14)9-13/h4,8,11,15H,2-3,5-7,9H2,1H3. The summed E-state index contributed by atoms with van der Waals surface area (Å²) in [6.07, 6.45) is 4.43. The number of thiophene rings is 1. The topological polar surface area (TPSA) is 23.5 Å². The SMILES string of the molecule is Cc1ccsc1C1(O)CCN2CCCC2C1. The molecule has 0 aromatic carbocycles. The number of aliphatic hydroxyl groups is 1. The molecule has 2 aliphatic heterocycles. The van der Waals surface area contributed by atoms with Crippen LogP contribution in [-0.4, -0.2) is 29.1 Å². The van der Waals surface area contributed by atoms with Crippen molar-refractivity contribution in [1.29, 1.82) is 0 Å². The lowest BCUT2D eigenvalue weighted by Gasteiger charge is -2.40. The normalized spacial score (nSPS) is 35.2. The van der Waals surface area contributed by atoms with Crippen molar-refractivity contribution >= 4 is 11.3 Å². The van der Waals surface area contributed by atoms with Gasteiger partial charge in [0.1, 0.15) is 5.60 Å². The van der Waals surface area contributed by atoms with Gasteiger partial charge in [0.25, 0.3) is 0 Å². The van der Waals surface area contributed by atoms with Gasteiger partial charge in [0, 0.05) is 17.5 Å². The van der Waals surface area contributed by atoms with Gasteiger partial charge in [-0.3, -0.25) is 0 Å². The van der Waals surface area contributed by atoms with E-state index in [0.717, 1.165) is 19.4 Å². The van der Waals surface area contributed by atoms with Gasteiger partial charge in [-0.05, 0) is 56.2 Å².